The van der Waals surface area contributed by atoms with Crippen LogP contribution in [0.5, 0.6) is 0 Å². The summed E-state index contributed by atoms with van der Waals surface area (Å²) in [4.78, 5) is 13.7. The monoisotopic (exact) mass is 480 g/mol. The third kappa shape index (κ3) is 3.01. The van der Waals surface area contributed by atoms with Crippen molar-refractivity contribution in [2.45, 2.75) is 57.7 Å². The first kappa shape index (κ1) is 22.8. The molecule has 1 heterocycles. The average molecular weight is 480 g/mol. The first-order chi connectivity index (χ1) is 15.8. The van der Waals surface area contributed by atoms with Crippen LogP contribution in [0.15, 0.2) is 41.2 Å². The lowest BCUT2D eigenvalue weighted by molar-refractivity contribution is -0.137. The number of halogens is 6. The lowest BCUT2D eigenvalue weighted by atomic mass is 9.70. The second kappa shape index (κ2) is 7.02. The van der Waals surface area contributed by atoms with Crippen LogP contribution in [0.1, 0.15) is 61.9 Å². The Morgan fingerprint density at radius 1 is 1.00 bits per heavy atom. The van der Waals surface area contributed by atoms with Crippen molar-refractivity contribution in [1.82, 2.24) is 9.36 Å². The average Bonchev–Trinajstić information content (AvgIpc) is 3.19. The minimum atomic E-state index is -4.76. The van der Waals surface area contributed by atoms with Gasteiger partial charge in [-0.3, -0.25) is 9.48 Å². The third-order valence-corrected chi connectivity index (χ3v) is 8.03. The smallest absolute Gasteiger partial charge is 0.277 e. The lowest BCUT2D eigenvalue weighted by Gasteiger charge is -2.36. The molecule has 2 aliphatic carbocycles. The maximum absolute atomic E-state index is 14.8. The van der Waals surface area contributed by atoms with Crippen molar-refractivity contribution in [2.75, 3.05) is 0 Å². The van der Waals surface area contributed by atoms with Gasteiger partial charge in [-0.15, -0.1) is 0 Å². The largest absolute Gasteiger partial charge is 0.416 e. The quantitative estimate of drug-likeness (QED) is 0.405. The maximum Gasteiger partial charge on any atom is 0.416 e. The predicted octanol–water partition coefficient (Wildman–Crippen LogP) is 6.30. The van der Waals surface area contributed by atoms with Crippen LogP contribution in [0.4, 0.5) is 26.3 Å². The highest BCUT2D eigenvalue weighted by atomic mass is 19.4. The Kier molecular flexibility index (Phi) is 4.71. The van der Waals surface area contributed by atoms with Crippen LogP contribution in [0, 0.1) is 22.9 Å². The number of alkyl halides is 3. The molecule has 1 unspecified atom stereocenters. The molecule has 1 saturated carbocycles. The van der Waals surface area contributed by atoms with Gasteiger partial charge < -0.3 is 0 Å². The van der Waals surface area contributed by atoms with Crippen LogP contribution in [0.2, 0.25) is 0 Å². The molecule has 2 aromatic carbocycles. The molecule has 0 amide bonds. The fourth-order valence-corrected chi connectivity index (χ4v) is 6.01. The molecule has 0 radical (unpaired) electrons. The number of nitrogens with zero attached hydrogens (tertiary/aromatic N) is 2. The number of hydrogen-bond donors (Lipinski definition) is 0. The van der Waals surface area contributed by atoms with Gasteiger partial charge in [-0.25, -0.2) is 17.9 Å². The molecule has 0 aliphatic heterocycles. The molecule has 5 rings (SSSR count). The van der Waals surface area contributed by atoms with E-state index in [4.69, 9.17) is 0 Å². The molecule has 3 aromatic rings. The topological polar surface area (TPSA) is 26.9 Å². The normalized spacial score (nSPS) is 22.9. The number of benzene rings is 2. The van der Waals surface area contributed by atoms with E-state index in [9.17, 15) is 31.1 Å². The van der Waals surface area contributed by atoms with Crippen LogP contribution in [-0.4, -0.2) is 9.36 Å². The van der Waals surface area contributed by atoms with Crippen LogP contribution in [0.25, 0.3) is 5.69 Å². The van der Waals surface area contributed by atoms with E-state index in [1.54, 1.807) is 0 Å². The second-order valence-electron chi connectivity index (χ2n) is 10.0. The van der Waals surface area contributed by atoms with Gasteiger partial charge in [-0.2, -0.15) is 13.2 Å². The van der Waals surface area contributed by atoms with Crippen LogP contribution < -0.4 is 5.56 Å². The third-order valence-electron chi connectivity index (χ3n) is 8.03. The van der Waals surface area contributed by atoms with Crippen molar-refractivity contribution in [2.24, 2.45) is 5.41 Å². The van der Waals surface area contributed by atoms with E-state index in [0.717, 1.165) is 41.8 Å². The summed E-state index contributed by atoms with van der Waals surface area (Å²) in [6.07, 6.45) is -3.27. The summed E-state index contributed by atoms with van der Waals surface area (Å²) in [7, 11) is 0. The Morgan fingerprint density at radius 3 is 2.35 bits per heavy atom. The predicted molar refractivity (Wildman–Crippen MR) is 114 cm³/mol. The lowest BCUT2D eigenvalue weighted by Crippen LogP contribution is -2.36. The molecular formula is C25H22F6N2O. The standard InChI is InChI=1S/C25H22F6N2O/c1-23(2)17-6-7-24(23,3)21-20(17)22(34)33(19-5-4-15(26)11-18(19)28)32(21)12-13-8-14(25(29,30)31)10-16(27)9-13/h4-5,8-11,17H,6-7,12H2,1-3H3/t17?,24-/m0/s1. The Morgan fingerprint density at radius 2 is 1.71 bits per heavy atom. The summed E-state index contributed by atoms with van der Waals surface area (Å²) in [6.45, 7) is 5.79. The first-order valence-electron chi connectivity index (χ1n) is 10.9. The van der Waals surface area contributed by atoms with Gasteiger partial charge in [-0.1, -0.05) is 20.8 Å². The fourth-order valence-electron chi connectivity index (χ4n) is 6.01. The van der Waals surface area contributed by atoms with Gasteiger partial charge in [0.15, 0.2) is 5.82 Å². The van der Waals surface area contributed by atoms with E-state index in [1.807, 2.05) is 20.8 Å². The minimum absolute atomic E-state index is 0.0226. The van der Waals surface area contributed by atoms with Crippen LogP contribution >= 0.6 is 0 Å². The maximum atomic E-state index is 14.8. The molecule has 180 valence electrons. The summed E-state index contributed by atoms with van der Waals surface area (Å²) < 4.78 is 85.0. The van der Waals surface area contributed by atoms with E-state index in [1.165, 1.54) is 4.68 Å². The molecule has 34 heavy (non-hydrogen) atoms. The highest BCUT2D eigenvalue weighted by Gasteiger charge is 2.63. The summed E-state index contributed by atoms with van der Waals surface area (Å²) >= 11 is 0. The molecule has 0 saturated heterocycles. The van der Waals surface area contributed by atoms with Crippen LogP contribution in [0.3, 0.4) is 0 Å². The summed E-state index contributed by atoms with van der Waals surface area (Å²) in [6, 6.07) is 4.98. The molecule has 0 spiro atoms. The minimum Gasteiger partial charge on any atom is -0.277 e. The van der Waals surface area contributed by atoms with E-state index in [-0.39, 0.29) is 29.1 Å². The highest BCUT2D eigenvalue weighted by Crippen LogP contribution is 2.67. The van der Waals surface area contributed by atoms with E-state index >= 15 is 0 Å². The summed E-state index contributed by atoms with van der Waals surface area (Å²) in [5.74, 6) is -2.99. The SMILES string of the molecule is CC1(C)C2CC[C@@]1(C)c1c2c(=O)n(-c2ccc(F)cc2F)n1Cc1cc(F)cc(C(F)(F)F)c1. The molecule has 2 aliphatic rings. The molecular weight excluding hydrogens is 458 g/mol. The number of fused-ring (bicyclic) bond motifs is 5. The Hall–Kier alpha value is -2.97. The molecule has 2 bridgehead atoms. The van der Waals surface area contributed by atoms with Crippen molar-refractivity contribution in [3.8, 4) is 5.69 Å². The molecule has 2 atom stereocenters. The van der Waals surface area contributed by atoms with Crippen molar-refractivity contribution in [3.05, 3.63) is 86.6 Å². The Balaban J connectivity index is 1.78. The Labute approximate surface area is 191 Å². The van der Waals surface area contributed by atoms with Gasteiger partial charge in [0, 0.05) is 17.0 Å². The van der Waals surface area contributed by atoms with Crippen molar-refractivity contribution >= 4 is 0 Å². The summed E-state index contributed by atoms with van der Waals surface area (Å²) in [5, 5.41) is 0. The first-order valence-corrected chi connectivity index (χ1v) is 10.9. The Bertz CT molecular complexity index is 1380. The van der Waals surface area contributed by atoms with Gasteiger partial charge >= 0.3 is 6.18 Å². The van der Waals surface area contributed by atoms with Gasteiger partial charge in [0.1, 0.15) is 17.3 Å². The van der Waals surface area contributed by atoms with Gasteiger partial charge in [0.25, 0.3) is 5.56 Å². The van der Waals surface area contributed by atoms with Crippen molar-refractivity contribution in [1.29, 1.82) is 0 Å². The van der Waals surface area contributed by atoms with Crippen molar-refractivity contribution in [3.63, 3.8) is 0 Å². The zero-order valence-corrected chi connectivity index (χ0v) is 18.7. The van der Waals surface area contributed by atoms with Crippen LogP contribution in [-0.2, 0) is 18.1 Å². The zero-order valence-electron chi connectivity index (χ0n) is 18.7. The molecule has 1 aromatic heterocycles. The second-order valence-corrected chi connectivity index (χ2v) is 10.0. The summed E-state index contributed by atoms with van der Waals surface area (Å²) in [5.41, 5.74) is -1.59. The number of hydrogen-bond acceptors (Lipinski definition) is 1. The zero-order chi connectivity index (χ0) is 24.8. The molecule has 1 fully saturated rings. The number of aromatic nitrogens is 2. The molecule has 3 nitrogen and oxygen atoms in total. The van der Waals surface area contributed by atoms with Gasteiger partial charge in [-0.05, 0) is 60.1 Å². The van der Waals surface area contributed by atoms with Gasteiger partial charge in [0.2, 0.25) is 0 Å². The van der Waals surface area contributed by atoms with E-state index < -0.39 is 40.2 Å². The highest BCUT2D eigenvalue weighted by molar-refractivity contribution is 5.48. The fraction of sp³-hybridized carbons (Fsp3) is 0.400. The van der Waals surface area contributed by atoms with E-state index in [0.29, 0.717) is 23.4 Å². The molecule has 9 heteroatoms. The molecule has 0 N–H and O–H groups in total. The number of rotatable bonds is 3. The van der Waals surface area contributed by atoms with Crippen molar-refractivity contribution < 1.29 is 26.3 Å². The van der Waals surface area contributed by atoms with Gasteiger partial charge in [0.05, 0.1) is 17.8 Å². The van der Waals surface area contributed by atoms with E-state index in [2.05, 4.69) is 0 Å².